The Bertz CT molecular complexity index is 733. The van der Waals surface area contributed by atoms with Crippen molar-refractivity contribution in [3.63, 3.8) is 0 Å². The fraction of sp³-hybridized carbons (Fsp3) is 0.368. The Balaban J connectivity index is 2.58. The molecule has 0 heterocycles. The van der Waals surface area contributed by atoms with Crippen LogP contribution in [0.15, 0.2) is 41.0 Å². The third-order valence-electron chi connectivity index (χ3n) is 4.15. The molecule has 1 N–H and O–H groups in total. The Kier molecular flexibility index (Phi) is 4.66. The second-order valence-electron chi connectivity index (χ2n) is 6.58. The SMILES string of the molecule is CC1=C(C)C(=O)C(c2cccc(F)c2)=C(CCC(C)(C)O)C1=O. The number of halogens is 1. The van der Waals surface area contributed by atoms with Crippen LogP contribution in [0.1, 0.15) is 46.1 Å². The third-order valence-corrected chi connectivity index (χ3v) is 4.15. The predicted octanol–water partition coefficient (Wildman–Crippen LogP) is 3.62. The van der Waals surface area contributed by atoms with E-state index in [4.69, 9.17) is 0 Å². The Morgan fingerprint density at radius 3 is 2.26 bits per heavy atom. The maximum atomic E-state index is 13.6. The zero-order valence-corrected chi connectivity index (χ0v) is 13.9. The topological polar surface area (TPSA) is 54.4 Å². The number of aliphatic hydroxyl groups is 1. The summed E-state index contributed by atoms with van der Waals surface area (Å²) < 4.78 is 13.6. The zero-order valence-electron chi connectivity index (χ0n) is 13.9. The number of hydrogen-bond acceptors (Lipinski definition) is 3. The molecule has 0 fully saturated rings. The van der Waals surface area contributed by atoms with Crippen molar-refractivity contribution in [2.75, 3.05) is 0 Å². The van der Waals surface area contributed by atoms with E-state index in [1.54, 1.807) is 33.8 Å². The number of allylic oxidation sites excluding steroid dienone is 4. The number of carbonyl (C=O) groups excluding carboxylic acids is 2. The van der Waals surface area contributed by atoms with E-state index >= 15 is 0 Å². The van der Waals surface area contributed by atoms with Gasteiger partial charge in [0, 0.05) is 22.3 Å². The van der Waals surface area contributed by atoms with E-state index in [0.29, 0.717) is 28.7 Å². The summed E-state index contributed by atoms with van der Waals surface area (Å²) in [5.41, 5.74) is 0.865. The van der Waals surface area contributed by atoms with E-state index in [0.717, 1.165) is 0 Å². The zero-order chi connectivity index (χ0) is 17.4. The van der Waals surface area contributed by atoms with E-state index < -0.39 is 11.4 Å². The largest absolute Gasteiger partial charge is 0.390 e. The molecule has 1 aromatic rings. The van der Waals surface area contributed by atoms with Gasteiger partial charge in [-0.3, -0.25) is 9.59 Å². The molecule has 0 amide bonds. The molecule has 0 aromatic heterocycles. The van der Waals surface area contributed by atoms with Crippen LogP contribution in [0.4, 0.5) is 4.39 Å². The van der Waals surface area contributed by atoms with Crippen LogP contribution in [-0.2, 0) is 9.59 Å². The minimum atomic E-state index is -0.951. The number of benzene rings is 1. The number of hydrogen-bond donors (Lipinski definition) is 1. The quantitative estimate of drug-likeness (QED) is 0.863. The molecule has 0 unspecified atom stereocenters. The van der Waals surface area contributed by atoms with E-state index in [1.807, 2.05) is 0 Å². The van der Waals surface area contributed by atoms with Crippen LogP contribution in [0.3, 0.4) is 0 Å². The lowest BCUT2D eigenvalue weighted by molar-refractivity contribution is -0.115. The van der Waals surface area contributed by atoms with Gasteiger partial charge in [0.25, 0.3) is 0 Å². The lowest BCUT2D eigenvalue weighted by atomic mass is 9.79. The van der Waals surface area contributed by atoms with Gasteiger partial charge >= 0.3 is 0 Å². The van der Waals surface area contributed by atoms with Crippen molar-refractivity contribution in [1.29, 1.82) is 0 Å². The first kappa shape index (κ1) is 17.3. The molecule has 0 bridgehead atoms. The van der Waals surface area contributed by atoms with Gasteiger partial charge in [0.05, 0.1) is 5.60 Å². The van der Waals surface area contributed by atoms with Crippen LogP contribution in [0.2, 0.25) is 0 Å². The maximum Gasteiger partial charge on any atom is 0.190 e. The number of rotatable bonds is 4. The van der Waals surface area contributed by atoms with Gasteiger partial charge in [-0.15, -0.1) is 0 Å². The second-order valence-corrected chi connectivity index (χ2v) is 6.58. The van der Waals surface area contributed by atoms with Crippen molar-refractivity contribution < 1.29 is 19.1 Å². The lowest BCUT2D eigenvalue weighted by Crippen LogP contribution is -2.24. The third kappa shape index (κ3) is 3.64. The van der Waals surface area contributed by atoms with Gasteiger partial charge < -0.3 is 5.11 Å². The first-order valence-electron chi connectivity index (χ1n) is 7.60. The minimum absolute atomic E-state index is 0.203. The molecule has 0 saturated heterocycles. The van der Waals surface area contributed by atoms with Gasteiger partial charge in [-0.25, -0.2) is 4.39 Å². The highest BCUT2D eigenvalue weighted by molar-refractivity contribution is 6.39. The molecule has 1 aliphatic rings. The Morgan fingerprint density at radius 2 is 1.70 bits per heavy atom. The summed E-state index contributed by atoms with van der Waals surface area (Å²) in [6.07, 6.45) is 0.608. The maximum absolute atomic E-state index is 13.6. The minimum Gasteiger partial charge on any atom is -0.390 e. The standard InChI is InChI=1S/C19H21FO3/c1-11-12(2)18(22)16(13-6-5-7-14(20)10-13)15(17(11)21)8-9-19(3,4)23/h5-7,10,23H,8-9H2,1-4H3. The van der Waals surface area contributed by atoms with Crippen molar-refractivity contribution in [1.82, 2.24) is 0 Å². The Hall–Kier alpha value is -2.07. The van der Waals surface area contributed by atoms with Crippen molar-refractivity contribution in [2.24, 2.45) is 0 Å². The molecule has 122 valence electrons. The first-order valence-corrected chi connectivity index (χ1v) is 7.60. The number of Topliss-reactive ketones (excluding diaryl/α,β-unsaturated/α-hetero) is 2. The van der Waals surface area contributed by atoms with Crippen LogP contribution in [-0.4, -0.2) is 22.3 Å². The molecule has 2 rings (SSSR count). The van der Waals surface area contributed by atoms with Gasteiger partial charge in [-0.2, -0.15) is 0 Å². The van der Waals surface area contributed by atoms with Gasteiger partial charge in [0.15, 0.2) is 11.6 Å². The van der Waals surface area contributed by atoms with E-state index in [2.05, 4.69) is 0 Å². The van der Waals surface area contributed by atoms with Gasteiger partial charge in [0.1, 0.15) is 5.82 Å². The highest BCUT2D eigenvalue weighted by Gasteiger charge is 2.31. The van der Waals surface area contributed by atoms with E-state index in [1.165, 1.54) is 18.2 Å². The van der Waals surface area contributed by atoms with Gasteiger partial charge in [0.2, 0.25) is 0 Å². The average molecular weight is 316 g/mol. The monoisotopic (exact) mass is 316 g/mol. The predicted molar refractivity (Wildman–Crippen MR) is 87.2 cm³/mol. The summed E-state index contributed by atoms with van der Waals surface area (Å²) in [7, 11) is 0. The Labute approximate surface area is 135 Å². The van der Waals surface area contributed by atoms with Crippen molar-refractivity contribution in [3.05, 3.63) is 52.4 Å². The molecule has 1 aromatic carbocycles. The summed E-state index contributed by atoms with van der Waals surface area (Å²) in [4.78, 5) is 25.3. The molecule has 0 radical (unpaired) electrons. The number of ketones is 2. The van der Waals surface area contributed by atoms with Crippen molar-refractivity contribution >= 4 is 17.1 Å². The summed E-state index contributed by atoms with van der Waals surface area (Å²) in [6.45, 7) is 6.54. The molecule has 1 aliphatic carbocycles. The molecule has 0 aliphatic heterocycles. The summed E-state index contributed by atoms with van der Waals surface area (Å²) in [5.74, 6) is -0.912. The second kappa shape index (κ2) is 6.20. The van der Waals surface area contributed by atoms with Crippen LogP contribution in [0.25, 0.3) is 5.57 Å². The molecule has 0 atom stereocenters. The van der Waals surface area contributed by atoms with E-state index in [-0.39, 0.29) is 23.6 Å². The highest BCUT2D eigenvalue weighted by atomic mass is 19.1. The molecular formula is C19H21FO3. The smallest absolute Gasteiger partial charge is 0.190 e. The summed E-state index contributed by atoms with van der Waals surface area (Å²) in [5, 5.41) is 9.93. The van der Waals surface area contributed by atoms with Gasteiger partial charge in [-0.1, -0.05) is 12.1 Å². The first-order chi connectivity index (χ1) is 10.6. The molecule has 23 heavy (non-hydrogen) atoms. The van der Waals surface area contributed by atoms with E-state index in [9.17, 15) is 19.1 Å². The fourth-order valence-corrected chi connectivity index (χ4v) is 2.62. The highest BCUT2D eigenvalue weighted by Crippen LogP contribution is 2.34. The summed E-state index contributed by atoms with van der Waals surface area (Å²) in [6, 6.07) is 5.70. The van der Waals surface area contributed by atoms with Crippen LogP contribution in [0, 0.1) is 5.82 Å². The summed E-state index contributed by atoms with van der Waals surface area (Å²) >= 11 is 0. The van der Waals surface area contributed by atoms with Crippen molar-refractivity contribution in [2.45, 2.75) is 46.1 Å². The number of carbonyl (C=O) groups is 2. The molecule has 3 nitrogen and oxygen atoms in total. The normalized spacial score (nSPS) is 16.4. The average Bonchev–Trinajstić information content (AvgIpc) is 2.46. The Morgan fingerprint density at radius 1 is 1.09 bits per heavy atom. The van der Waals surface area contributed by atoms with Gasteiger partial charge in [-0.05, 0) is 58.2 Å². The molecular weight excluding hydrogens is 295 g/mol. The molecule has 0 saturated carbocycles. The van der Waals surface area contributed by atoms with Crippen LogP contribution >= 0.6 is 0 Å². The molecule has 0 spiro atoms. The fourth-order valence-electron chi connectivity index (χ4n) is 2.62. The lowest BCUT2D eigenvalue weighted by Gasteiger charge is -2.24. The van der Waals surface area contributed by atoms with Crippen LogP contribution < -0.4 is 0 Å². The van der Waals surface area contributed by atoms with Crippen molar-refractivity contribution in [3.8, 4) is 0 Å². The molecule has 4 heteroatoms. The van der Waals surface area contributed by atoms with Crippen LogP contribution in [0.5, 0.6) is 0 Å².